The highest BCUT2D eigenvalue weighted by atomic mass is 16.6. The Balaban J connectivity index is 2.00. The van der Waals surface area contributed by atoms with E-state index >= 15 is 0 Å². The monoisotopic (exact) mass is 376 g/mol. The Morgan fingerprint density at radius 1 is 1.33 bits per heavy atom. The van der Waals surface area contributed by atoms with Crippen molar-refractivity contribution in [3.05, 3.63) is 40.0 Å². The molecule has 8 heteroatoms. The molecule has 0 unspecified atom stereocenters. The number of hydrogen-bond donors (Lipinski definition) is 0. The third kappa shape index (κ3) is 5.54. The van der Waals surface area contributed by atoms with E-state index in [4.69, 9.17) is 9.47 Å². The van der Waals surface area contributed by atoms with E-state index in [-0.39, 0.29) is 29.2 Å². The number of likely N-dealkylation sites (tertiary alicyclic amines) is 1. The van der Waals surface area contributed by atoms with Gasteiger partial charge in [0, 0.05) is 25.2 Å². The zero-order chi connectivity index (χ0) is 19.8. The molecule has 0 saturated carbocycles. The zero-order valence-corrected chi connectivity index (χ0v) is 15.6. The van der Waals surface area contributed by atoms with Gasteiger partial charge in [-0.15, -0.1) is 0 Å². The normalized spacial score (nSPS) is 15.0. The van der Waals surface area contributed by atoms with Gasteiger partial charge < -0.3 is 14.4 Å². The largest absolute Gasteiger partial charge is 0.487 e. The number of nitro benzene ring substituents is 1. The fourth-order valence-corrected chi connectivity index (χ4v) is 2.89. The quantitative estimate of drug-likeness (QED) is 0.314. The lowest BCUT2D eigenvalue weighted by atomic mass is 9.97. The number of esters is 1. The van der Waals surface area contributed by atoms with Crippen molar-refractivity contribution in [2.45, 2.75) is 26.2 Å². The number of carbonyl (C=O) groups is 2. The van der Waals surface area contributed by atoms with Crippen molar-refractivity contribution in [1.29, 1.82) is 0 Å². The number of amides is 1. The highest BCUT2D eigenvalue weighted by Gasteiger charge is 2.27. The molecule has 0 aliphatic carbocycles. The summed E-state index contributed by atoms with van der Waals surface area (Å²) in [5.74, 6) is -0.376. The molecule has 1 saturated heterocycles. The molecule has 0 radical (unpaired) electrons. The second-order valence-electron chi connectivity index (χ2n) is 6.29. The van der Waals surface area contributed by atoms with Gasteiger partial charge in [-0.2, -0.15) is 0 Å². The number of methoxy groups -OCH3 is 1. The standard InChI is InChI=1S/C19H24N2O6/c1-3-12-27-17-6-4-14(13-16(17)21(24)25)5-7-18(22)20-10-8-15(9-11-20)19(23)26-2/h4-7,13,15H,3,8-12H2,1-2H3/b7-5+. The van der Waals surface area contributed by atoms with Crippen molar-refractivity contribution >= 4 is 23.6 Å². The first-order chi connectivity index (χ1) is 13.0. The summed E-state index contributed by atoms with van der Waals surface area (Å²) in [6.07, 6.45) is 4.83. The van der Waals surface area contributed by atoms with Crippen LogP contribution in [0.5, 0.6) is 5.75 Å². The molecule has 0 bridgehead atoms. The van der Waals surface area contributed by atoms with Crippen molar-refractivity contribution in [3.8, 4) is 5.75 Å². The average molecular weight is 376 g/mol. The van der Waals surface area contributed by atoms with Gasteiger partial charge in [0.1, 0.15) is 0 Å². The highest BCUT2D eigenvalue weighted by Crippen LogP contribution is 2.28. The first kappa shape index (κ1) is 20.4. The molecule has 1 aromatic carbocycles. The maximum atomic E-state index is 12.3. The Hall–Kier alpha value is -2.90. The van der Waals surface area contributed by atoms with E-state index in [0.29, 0.717) is 38.1 Å². The second kappa shape index (κ2) is 9.70. The smallest absolute Gasteiger partial charge is 0.311 e. The third-order valence-electron chi connectivity index (χ3n) is 4.40. The van der Waals surface area contributed by atoms with Crippen LogP contribution < -0.4 is 4.74 Å². The SMILES string of the molecule is CCCOc1ccc(/C=C/C(=O)N2CCC(C(=O)OC)CC2)cc1[N+](=O)[O-]. The van der Waals surface area contributed by atoms with E-state index in [1.807, 2.05) is 6.92 Å². The minimum atomic E-state index is -0.498. The average Bonchev–Trinajstić information content (AvgIpc) is 2.70. The van der Waals surface area contributed by atoms with Crippen molar-refractivity contribution in [2.75, 3.05) is 26.8 Å². The van der Waals surface area contributed by atoms with E-state index < -0.39 is 4.92 Å². The van der Waals surface area contributed by atoms with Crippen LogP contribution in [0, 0.1) is 16.0 Å². The molecule has 8 nitrogen and oxygen atoms in total. The van der Waals surface area contributed by atoms with Crippen LogP contribution in [-0.4, -0.2) is 48.5 Å². The van der Waals surface area contributed by atoms with Gasteiger partial charge >= 0.3 is 11.7 Å². The van der Waals surface area contributed by atoms with E-state index in [0.717, 1.165) is 6.42 Å². The Morgan fingerprint density at radius 2 is 2.04 bits per heavy atom. The second-order valence-corrected chi connectivity index (χ2v) is 6.29. The van der Waals surface area contributed by atoms with Gasteiger partial charge in [0.15, 0.2) is 5.75 Å². The number of nitrogens with zero attached hydrogens (tertiary/aromatic N) is 2. The van der Waals surface area contributed by atoms with Crippen molar-refractivity contribution in [2.24, 2.45) is 5.92 Å². The topological polar surface area (TPSA) is 99.0 Å². The predicted octanol–water partition coefficient (Wildman–Crippen LogP) is 2.81. The molecule has 2 rings (SSSR count). The van der Waals surface area contributed by atoms with Gasteiger partial charge in [-0.05, 0) is 37.0 Å². The summed E-state index contributed by atoms with van der Waals surface area (Å²) in [5, 5.41) is 11.2. The maximum absolute atomic E-state index is 12.3. The molecular weight excluding hydrogens is 352 g/mol. The lowest BCUT2D eigenvalue weighted by molar-refractivity contribution is -0.385. The number of hydrogen-bond acceptors (Lipinski definition) is 6. The van der Waals surface area contributed by atoms with E-state index in [1.54, 1.807) is 23.1 Å². The van der Waals surface area contributed by atoms with Gasteiger partial charge in [0.05, 0.1) is 24.6 Å². The van der Waals surface area contributed by atoms with Crippen molar-refractivity contribution in [1.82, 2.24) is 4.90 Å². The van der Waals surface area contributed by atoms with Gasteiger partial charge in [-0.3, -0.25) is 19.7 Å². The molecule has 1 fully saturated rings. The summed E-state index contributed by atoms with van der Waals surface area (Å²) in [7, 11) is 1.36. The Kier molecular flexibility index (Phi) is 7.34. The van der Waals surface area contributed by atoms with E-state index in [2.05, 4.69) is 0 Å². The highest BCUT2D eigenvalue weighted by molar-refractivity contribution is 5.92. The lowest BCUT2D eigenvalue weighted by Crippen LogP contribution is -2.39. The van der Waals surface area contributed by atoms with Crippen LogP contribution in [0.3, 0.4) is 0 Å². The minimum Gasteiger partial charge on any atom is -0.487 e. The third-order valence-corrected chi connectivity index (χ3v) is 4.40. The molecule has 1 aromatic rings. The summed E-state index contributed by atoms with van der Waals surface area (Å²) in [5.41, 5.74) is 0.417. The Morgan fingerprint density at radius 3 is 2.63 bits per heavy atom. The lowest BCUT2D eigenvalue weighted by Gasteiger charge is -2.29. The van der Waals surface area contributed by atoms with Crippen molar-refractivity contribution in [3.63, 3.8) is 0 Å². The van der Waals surface area contributed by atoms with Gasteiger partial charge in [0.25, 0.3) is 0 Å². The first-order valence-corrected chi connectivity index (χ1v) is 8.92. The predicted molar refractivity (Wildman–Crippen MR) is 99.2 cm³/mol. The molecule has 1 aliphatic rings. The van der Waals surface area contributed by atoms with Gasteiger partial charge in [-0.25, -0.2) is 0 Å². The van der Waals surface area contributed by atoms with Crippen LogP contribution in [0.15, 0.2) is 24.3 Å². The van der Waals surface area contributed by atoms with E-state index in [1.165, 1.54) is 19.3 Å². The van der Waals surface area contributed by atoms with Gasteiger partial charge in [0.2, 0.25) is 5.91 Å². The molecule has 0 aromatic heterocycles. The fraction of sp³-hybridized carbons (Fsp3) is 0.474. The number of benzene rings is 1. The summed E-state index contributed by atoms with van der Waals surface area (Å²) >= 11 is 0. The fourth-order valence-electron chi connectivity index (χ4n) is 2.89. The number of carbonyl (C=O) groups excluding carboxylic acids is 2. The summed E-state index contributed by atoms with van der Waals surface area (Å²) < 4.78 is 10.1. The first-order valence-electron chi connectivity index (χ1n) is 8.92. The molecule has 0 atom stereocenters. The Labute approximate surface area is 157 Å². The van der Waals surface area contributed by atoms with Crippen molar-refractivity contribution < 1.29 is 24.0 Å². The minimum absolute atomic E-state index is 0.128. The number of nitro groups is 1. The zero-order valence-electron chi connectivity index (χ0n) is 15.6. The molecular formula is C19H24N2O6. The molecule has 1 aliphatic heterocycles. The van der Waals surface area contributed by atoms with Crippen LogP contribution in [0.2, 0.25) is 0 Å². The molecule has 0 N–H and O–H groups in total. The number of piperidine rings is 1. The van der Waals surface area contributed by atoms with Crippen LogP contribution in [-0.2, 0) is 14.3 Å². The number of rotatable bonds is 7. The number of ether oxygens (including phenoxy) is 2. The molecule has 1 amide bonds. The summed E-state index contributed by atoms with van der Waals surface area (Å²) in [6.45, 7) is 3.28. The van der Waals surface area contributed by atoms with Crippen LogP contribution in [0.1, 0.15) is 31.7 Å². The van der Waals surface area contributed by atoms with Gasteiger partial charge in [-0.1, -0.05) is 13.0 Å². The molecule has 27 heavy (non-hydrogen) atoms. The maximum Gasteiger partial charge on any atom is 0.311 e. The van der Waals surface area contributed by atoms with Crippen LogP contribution in [0.4, 0.5) is 5.69 Å². The molecule has 1 heterocycles. The Bertz CT molecular complexity index is 723. The molecule has 146 valence electrons. The van der Waals surface area contributed by atoms with E-state index in [9.17, 15) is 19.7 Å². The van der Waals surface area contributed by atoms with Crippen LogP contribution >= 0.6 is 0 Å². The molecule has 0 spiro atoms. The van der Waals surface area contributed by atoms with Crippen LogP contribution in [0.25, 0.3) is 6.08 Å². The summed E-state index contributed by atoms with van der Waals surface area (Å²) in [4.78, 5) is 36.2. The summed E-state index contributed by atoms with van der Waals surface area (Å²) in [6, 6.07) is 4.60.